The zero-order valence-electron chi connectivity index (χ0n) is 20.3. The van der Waals surface area contributed by atoms with Crippen LogP contribution in [-0.4, -0.2) is 66.4 Å². The number of H-pyrrole nitrogens is 1. The molecule has 0 fully saturated rings. The molecule has 0 radical (unpaired) electrons. The maximum Gasteiger partial charge on any atom is 0.257 e. The fraction of sp³-hybridized carbons (Fsp3) is 0.321. The van der Waals surface area contributed by atoms with Crippen molar-refractivity contribution in [2.45, 2.75) is 20.0 Å². The minimum absolute atomic E-state index is 0.0312. The number of carbonyl (C=O) groups is 1. The number of fused-ring (bicyclic) bond motifs is 3. The number of ether oxygens (including phenoxy) is 2. The molecular formula is C28H33N3O4. The first-order valence-electron chi connectivity index (χ1n) is 12.1. The van der Waals surface area contributed by atoms with E-state index in [4.69, 9.17) is 9.47 Å². The third-order valence-electron chi connectivity index (χ3n) is 6.01. The quantitative estimate of drug-likeness (QED) is 0.267. The van der Waals surface area contributed by atoms with Crippen LogP contribution >= 0.6 is 0 Å². The predicted octanol–water partition coefficient (Wildman–Crippen LogP) is 4.21. The Morgan fingerprint density at radius 2 is 1.66 bits per heavy atom. The van der Waals surface area contributed by atoms with Crippen LogP contribution in [-0.2, 0) is 0 Å². The molecule has 0 bridgehead atoms. The van der Waals surface area contributed by atoms with Gasteiger partial charge in [-0.05, 0) is 44.2 Å². The minimum Gasteiger partial charge on any atom is -0.491 e. The molecule has 0 saturated carbocycles. The van der Waals surface area contributed by atoms with E-state index in [0.717, 1.165) is 27.6 Å². The van der Waals surface area contributed by atoms with E-state index in [9.17, 15) is 9.90 Å². The van der Waals surface area contributed by atoms with Gasteiger partial charge in [-0.2, -0.15) is 0 Å². The van der Waals surface area contributed by atoms with Gasteiger partial charge < -0.3 is 29.8 Å². The van der Waals surface area contributed by atoms with Crippen molar-refractivity contribution in [1.82, 2.24) is 15.2 Å². The molecule has 1 amide bonds. The van der Waals surface area contributed by atoms with Gasteiger partial charge in [-0.25, -0.2) is 0 Å². The van der Waals surface area contributed by atoms with Crippen LogP contribution in [0.4, 0.5) is 0 Å². The summed E-state index contributed by atoms with van der Waals surface area (Å²) in [6.07, 6.45) is -0.674. The van der Waals surface area contributed by atoms with Gasteiger partial charge in [0.25, 0.3) is 5.91 Å². The highest BCUT2D eigenvalue weighted by Gasteiger charge is 2.17. The molecule has 1 heterocycles. The van der Waals surface area contributed by atoms with Crippen molar-refractivity contribution < 1.29 is 19.4 Å². The Labute approximate surface area is 205 Å². The highest BCUT2D eigenvalue weighted by molar-refractivity contribution is 6.10. The van der Waals surface area contributed by atoms with Crippen LogP contribution in [0.3, 0.4) is 0 Å². The Balaban J connectivity index is 1.25. The first-order valence-corrected chi connectivity index (χ1v) is 12.1. The molecule has 35 heavy (non-hydrogen) atoms. The van der Waals surface area contributed by atoms with Gasteiger partial charge in [-0.15, -0.1) is 0 Å². The number of benzene rings is 3. The molecule has 3 aromatic carbocycles. The van der Waals surface area contributed by atoms with Crippen molar-refractivity contribution in [3.8, 4) is 11.5 Å². The van der Waals surface area contributed by atoms with Crippen LogP contribution in [0.25, 0.3) is 21.8 Å². The normalized spacial score (nSPS) is 12.1. The third kappa shape index (κ3) is 5.75. The number of aromatic nitrogens is 1. The molecule has 1 aromatic heterocycles. The molecule has 0 saturated heterocycles. The molecule has 4 aromatic rings. The lowest BCUT2D eigenvalue weighted by Crippen LogP contribution is -2.34. The van der Waals surface area contributed by atoms with E-state index in [1.54, 1.807) is 11.0 Å². The number of nitrogens with one attached hydrogen (secondary N) is 2. The summed E-state index contributed by atoms with van der Waals surface area (Å²) in [5.41, 5.74) is 2.63. The maximum absolute atomic E-state index is 12.7. The molecule has 0 aliphatic rings. The molecular weight excluding hydrogens is 442 g/mol. The van der Waals surface area contributed by atoms with Gasteiger partial charge in [0, 0.05) is 42.5 Å². The lowest BCUT2D eigenvalue weighted by molar-refractivity contribution is 0.0768. The van der Waals surface area contributed by atoms with Crippen molar-refractivity contribution >= 4 is 27.7 Å². The average molecular weight is 476 g/mol. The Morgan fingerprint density at radius 1 is 0.943 bits per heavy atom. The first kappa shape index (κ1) is 24.6. The van der Waals surface area contributed by atoms with Gasteiger partial charge in [0.15, 0.2) is 0 Å². The zero-order valence-corrected chi connectivity index (χ0v) is 20.3. The number of hydrogen-bond donors (Lipinski definition) is 3. The standard InChI is InChI=1S/C28H33N3O4/c1-3-31(4-2)28(33)22-11-6-8-14-25(22)34-17-16-29-18-20(32)19-35-26-15-9-13-24-27(26)21-10-5-7-12-23(21)30-24/h5-15,20,29-30,32H,3-4,16-19H2,1-2H3. The summed E-state index contributed by atoms with van der Waals surface area (Å²) in [5, 5.41) is 15.7. The number of nitrogens with zero attached hydrogens (tertiary/aromatic N) is 1. The Hall–Kier alpha value is -3.55. The van der Waals surface area contributed by atoms with Gasteiger partial charge in [-0.3, -0.25) is 4.79 Å². The molecule has 0 aliphatic heterocycles. The summed E-state index contributed by atoms with van der Waals surface area (Å²) in [5.74, 6) is 1.29. The average Bonchev–Trinajstić information content (AvgIpc) is 3.27. The molecule has 7 nitrogen and oxygen atoms in total. The number of aliphatic hydroxyl groups excluding tert-OH is 1. The second-order valence-electron chi connectivity index (χ2n) is 8.34. The van der Waals surface area contributed by atoms with Gasteiger partial charge in [0.05, 0.1) is 11.1 Å². The summed E-state index contributed by atoms with van der Waals surface area (Å²) in [4.78, 5) is 17.9. The molecule has 1 unspecified atom stereocenters. The highest BCUT2D eigenvalue weighted by atomic mass is 16.5. The smallest absolute Gasteiger partial charge is 0.257 e. The number of aliphatic hydroxyl groups is 1. The van der Waals surface area contributed by atoms with E-state index in [2.05, 4.69) is 16.4 Å². The van der Waals surface area contributed by atoms with Crippen LogP contribution in [0, 0.1) is 0 Å². The van der Waals surface area contributed by atoms with E-state index in [1.807, 2.05) is 68.4 Å². The summed E-state index contributed by atoms with van der Waals surface area (Å²) in [6, 6.07) is 21.3. The summed E-state index contributed by atoms with van der Waals surface area (Å²) in [6.45, 7) is 6.68. The number of para-hydroxylation sites is 2. The minimum atomic E-state index is -0.674. The van der Waals surface area contributed by atoms with Crippen molar-refractivity contribution in [1.29, 1.82) is 0 Å². The van der Waals surface area contributed by atoms with Gasteiger partial charge in [-0.1, -0.05) is 36.4 Å². The Kier molecular flexibility index (Phi) is 8.23. The van der Waals surface area contributed by atoms with Crippen LogP contribution in [0.15, 0.2) is 66.7 Å². The topological polar surface area (TPSA) is 86.8 Å². The van der Waals surface area contributed by atoms with Crippen LogP contribution in [0.2, 0.25) is 0 Å². The van der Waals surface area contributed by atoms with Gasteiger partial charge >= 0.3 is 0 Å². The highest BCUT2D eigenvalue weighted by Crippen LogP contribution is 2.33. The van der Waals surface area contributed by atoms with Gasteiger partial charge in [0.2, 0.25) is 0 Å². The molecule has 7 heteroatoms. The van der Waals surface area contributed by atoms with Crippen LogP contribution < -0.4 is 14.8 Å². The van der Waals surface area contributed by atoms with Crippen LogP contribution in [0.1, 0.15) is 24.2 Å². The number of aromatic amines is 1. The van der Waals surface area contributed by atoms with Crippen molar-refractivity contribution in [3.63, 3.8) is 0 Å². The summed E-state index contributed by atoms with van der Waals surface area (Å²) < 4.78 is 11.8. The number of rotatable bonds is 12. The van der Waals surface area contributed by atoms with Crippen LogP contribution in [0.5, 0.6) is 11.5 Å². The molecule has 0 spiro atoms. The van der Waals surface area contributed by atoms with Crippen molar-refractivity contribution in [3.05, 3.63) is 72.3 Å². The third-order valence-corrected chi connectivity index (χ3v) is 6.01. The number of carbonyl (C=O) groups excluding carboxylic acids is 1. The lowest BCUT2D eigenvalue weighted by atomic mass is 10.1. The van der Waals surface area contributed by atoms with Crippen molar-refractivity contribution in [2.75, 3.05) is 39.4 Å². The number of amides is 1. The molecule has 3 N–H and O–H groups in total. The SMILES string of the molecule is CCN(CC)C(=O)c1ccccc1OCCNCC(O)COc1cccc2[nH]c3ccccc3c12. The largest absolute Gasteiger partial charge is 0.491 e. The fourth-order valence-corrected chi connectivity index (χ4v) is 4.19. The van der Waals surface area contributed by atoms with Crippen molar-refractivity contribution in [2.24, 2.45) is 0 Å². The molecule has 1 atom stereocenters. The fourth-order valence-electron chi connectivity index (χ4n) is 4.19. The molecule has 4 rings (SSSR count). The Morgan fingerprint density at radius 3 is 2.49 bits per heavy atom. The van der Waals surface area contributed by atoms with E-state index in [1.165, 1.54) is 0 Å². The summed E-state index contributed by atoms with van der Waals surface area (Å²) in [7, 11) is 0. The molecule has 0 aliphatic carbocycles. The monoisotopic (exact) mass is 475 g/mol. The van der Waals surface area contributed by atoms with E-state index in [0.29, 0.717) is 44.1 Å². The zero-order chi connectivity index (χ0) is 24.6. The first-order chi connectivity index (χ1) is 17.1. The lowest BCUT2D eigenvalue weighted by Gasteiger charge is -2.20. The van der Waals surface area contributed by atoms with E-state index in [-0.39, 0.29) is 12.5 Å². The summed E-state index contributed by atoms with van der Waals surface area (Å²) >= 11 is 0. The second kappa shape index (κ2) is 11.7. The van der Waals surface area contributed by atoms with E-state index < -0.39 is 6.10 Å². The number of hydrogen-bond acceptors (Lipinski definition) is 5. The predicted molar refractivity (Wildman–Crippen MR) is 139 cm³/mol. The molecule has 184 valence electrons. The maximum atomic E-state index is 12.7. The second-order valence-corrected chi connectivity index (χ2v) is 8.34. The van der Waals surface area contributed by atoms with E-state index >= 15 is 0 Å². The Bertz CT molecular complexity index is 1270. The van der Waals surface area contributed by atoms with Gasteiger partial charge in [0.1, 0.15) is 30.8 Å².